The third kappa shape index (κ3) is 7.69. The Bertz CT molecular complexity index is 846. The number of amides is 1. The van der Waals surface area contributed by atoms with Gasteiger partial charge in [-0.2, -0.15) is 0 Å². The third-order valence-electron chi connectivity index (χ3n) is 5.63. The summed E-state index contributed by atoms with van der Waals surface area (Å²) < 4.78 is 0. The van der Waals surface area contributed by atoms with Crippen molar-refractivity contribution < 1.29 is 14.4 Å². The van der Waals surface area contributed by atoms with E-state index in [1.54, 1.807) is 6.07 Å². The molecular formula is C24H31N3O3S. The Balaban J connectivity index is 1.46. The maximum Gasteiger partial charge on any atom is 0.220 e. The van der Waals surface area contributed by atoms with Gasteiger partial charge in [0.15, 0.2) is 5.78 Å². The van der Waals surface area contributed by atoms with Crippen molar-refractivity contribution in [3.8, 4) is 0 Å². The molecule has 1 aromatic carbocycles. The number of ketones is 2. The first-order valence-electron chi connectivity index (χ1n) is 10.8. The first kappa shape index (κ1) is 23.3. The summed E-state index contributed by atoms with van der Waals surface area (Å²) in [7, 11) is 2.12. The Morgan fingerprint density at radius 1 is 0.935 bits per heavy atom. The Kier molecular flexibility index (Phi) is 8.94. The molecule has 1 fully saturated rings. The number of carbonyl (C=O) groups excluding carboxylic acids is 3. The highest BCUT2D eigenvalue weighted by Gasteiger charge is 2.21. The number of thiophene rings is 1. The molecule has 7 heteroatoms. The standard InChI is InChI=1S/C24H31N3O3S/c1-26-13-15-27(16-14-26)18-21(19-6-3-2-4-7-19)25-24(30)12-10-20(28)9-11-22(29)23-8-5-17-31-23/h2-8,17,21H,9-16,18H2,1H3,(H,25,30). The zero-order chi connectivity index (χ0) is 22.1. The van der Waals surface area contributed by atoms with Gasteiger partial charge in [-0.15, -0.1) is 11.3 Å². The van der Waals surface area contributed by atoms with Crippen LogP contribution in [0.1, 0.15) is 47.0 Å². The molecule has 1 unspecified atom stereocenters. The number of likely N-dealkylation sites (N-methyl/N-ethyl adjacent to an activating group) is 1. The number of nitrogens with one attached hydrogen (secondary N) is 1. The summed E-state index contributed by atoms with van der Waals surface area (Å²) in [4.78, 5) is 42.2. The Hall–Kier alpha value is -2.35. The van der Waals surface area contributed by atoms with Gasteiger partial charge in [-0.05, 0) is 24.1 Å². The highest BCUT2D eigenvalue weighted by Crippen LogP contribution is 2.17. The summed E-state index contributed by atoms with van der Waals surface area (Å²) in [6.45, 7) is 4.76. The van der Waals surface area contributed by atoms with Crippen LogP contribution in [0.25, 0.3) is 0 Å². The summed E-state index contributed by atoms with van der Waals surface area (Å²) in [5.74, 6) is -0.180. The molecule has 1 aromatic heterocycles. The second kappa shape index (κ2) is 11.9. The minimum Gasteiger partial charge on any atom is -0.348 e. The lowest BCUT2D eigenvalue weighted by atomic mass is 10.0. The van der Waals surface area contributed by atoms with Crippen molar-refractivity contribution in [2.45, 2.75) is 31.7 Å². The minimum absolute atomic E-state index is 0.0101. The highest BCUT2D eigenvalue weighted by atomic mass is 32.1. The van der Waals surface area contributed by atoms with Crippen LogP contribution < -0.4 is 5.32 Å². The van der Waals surface area contributed by atoms with Gasteiger partial charge in [0.25, 0.3) is 0 Å². The Labute approximate surface area is 188 Å². The second-order valence-electron chi connectivity index (χ2n) is 8.07. The van der Waals surface area contributed by atoms with E-state index in [0.717, 1.165) is 38.3 Å². The van der Waals surface area contributed by atoms with Gasteiger partial charge in [-0.3, -0.25) is 19.3 Å². The van der Waals surface area contributed by atoms with Crippen molar-refractivity contribution in [3.05, 3.63) is 58.3 Å². The molecule has 1 aliphatic rings. The molecule has 1 atom stereocenters. The summed E-state index contributed by atoms with van der Waals surface area (Å²) >= 11 is 1.39. The van der Waals surface area contributed by atoms with Crippen LogP contribution in [0.15, 0.2) is 47.8 Å². The van der Waals surface area contributed by atoms with Crippen molar-refractivity contribution in [2.24, 2.45) is 0 Å². The number of piperazine rings is 1. The van der Waals surface area contributed by atoms with Crippen LogP contribution in [-0.2, 0) is 9.59 Å². The van der Waals surface area contributed by atoms with E-state index in [0.29, 0.717) is 4.88 Å². The van der Waals surface area contributed by atoms with Gasteiger partial charge in [0.2, 0.25) is 5.91 Å². The molecule has 0 aliphatic carbocycles. The van der Waals surface area contributed by atoms with Gasteiger partial charge in [-0.1, -0.05) is 36.4 Å². The van der Waals surface area contributed by atoms with Gasteiger partial charge in [0.05, 0.1) is 10.9 Å². The van der Waals surface area contributed by atoms with Crippen LogP contribution in [-0.4, -0.2) is 67.0 Å². The molecule has 6 nitrogen and oxygen atoms in total. The Morgan fingerprint density at radius 3 is 2.32 bits per heavy atom. The van der Waals surface area contributed by atoms with E-state index in [1.165, 1.54) is 11.3 Å². The maximum atomic E-state index is 12.6. The number of Topliss-reactive ketones (excluding diaryl/α,β-unsaturated/α-hetero) is 2. The predicted molar refractivity (Wildman–Crippen MR) is 123 cm³/mol. The van der Waals surface area contributed by atoms with E-state index in [2.05, 4.69) is 22.2 Å². The van der Waals surface area contributed by atoms with Gasteiger partial charge < -0.3 is 10.2 Å². The van der Waals surface area contributed by atoms with E-state index in [1.807, 2.05) is 41.8 Å². The fraction of sp³-hybridized carbons (Fsp3) is 0.458. The predicted octanol–water partition coefficient (Wildman–Crippen LogP) is 3.17. The molecule has 0 bridgehead atoms. The van der Waals surface area contributed by atoms with Crippen LogP contribution in [0.4, 0.5) is 0 Å². The first-order chi connectivity index (χ1) is 15.0. The molecule has 0 saturated carbocycles. The zero-order valence-corrected chi connectivity index (χ0v) is 18.9. The quantitative estimate of drug-likeness (QED) is 0.543. The summed E-state index contributed by atoms with van der Waals surface area (Å²) in [5, 5.41) is 4.97. The van der Waals surface area contributed by atoms with Crippen LogP contribution >= 0.6 is 11.3 Å². The molecule has 1 aliphatic heterocycles. The molecule has 0 spiro atoms. The molecule has 1 N–H and O–H groups in total. The maximum absolute atomic E-state index is 12.6. The zero-order valence-electron chi connectivity index (χ0n) is 18.1. The monoisotopic (exact) mass is 441 g/mol. The molecular weight excluding hydrogens is 410 g/mol. The van der Waals surface area contributed by atoms with Gasteiger partial charge in [0, 0.05) is 58.4 Å². The topological polar surface area (TPSA) is 69.7 Å². The van der Waals surface area contributed by atoms with E-state index < -0.39 is 0 Å². The SMILES string of the molecule is CN1CCN(CC(NC(=O)CCC(=O)CCC(=O)c2cccs2)c2ccccc2)CC1. The average Bonchev–Trinajstić information content (AvgIpc) is 3.33. The summed E-state index contributed by atoms with van der Waals surface area (Å²) in [6, 6.07) is 13.5. The number of carbonyl (C=O) groups is 3. The molecule has 1 amide bonds. The van der Waals surface area contributed by atoms with Crippen LogP contribution in [0.3, 0.4) is 0 Å². The Morgan fingerprint density at radius 2 is 1.65 bits per heavy atom. The number of hydrogen-bond acceptors (Lipinski definition) is 6. The molecule has 31 heavy (non-hydrogen) atoms. The van der Waals surface area contributed by atoms with E-state index >= 15 is 0 Å². The minimum atomic E-state index is -0.124. The smallest absolute Gasteiger partial charge is 0.220 e. The van der Waals surface area contributed by atoms with Gasteiger partial charge in [0.1, 0.15) is 5.78 Å². The number of benzene rings is 1. The molecule has 0 radical (unpaired) electrons. The molecule has 3 rings (SSSR count). The lowest BCUT2D eigenvalue weighted by molar-refractivity contribution is -0.126. The van der Waals surface area contributed by atoms with E-state index in [4.69, 9.17) is 0 Å². The van der Waals surface area contributed by atoms with Crippen molar-refractivity contribution in [2.75, 3.05) is 39.8 Å². The summed E-state index contributed by atoms with van der Waals surface area (Å²) in [5.41, 5.74) is 1.07. The third-order valence-corrected chi connectivity index (χ3v) is 6.54. The van der Waals surface area contributed by atoms with Crippen LogP contribution in [0, 0.1) is 0 Å². The van der Waals surface area contributed by atoms with Crippen LogP contribution in [0.5, 0.6) is 0 Å². The summed E-state index contributed by atoms with van der Waals surface area (Å²) in [6.07, 6.45) is 0.710. The van der Waals surface area contributed by atoms with Crippen LogP contribution in [0.2, 0.25) is 0 Å². The molecule has 166 valence electrons. The fourth-order valence-electron chi connectivity index (χ4n) is 3.67. The lowest BCUT2D eigenvalue weighted by Crippen LogP contribution is -2.47. The van der Waals surface area contributed by atoms with Crippen molar-refractivity contribution in [1.29, 1.82) is 0 Å². The normalized spacial score (nSPS) is 16.0. The number of hydrogen-bond donors (Lipinski definition) is 1. The highest BCUT2D eigenvalue weighted by molar-refractivity contribution is 7.12. The van der Waals surface area contributed by atoms with E-state index in [9.17, 15) is 14.4 Å². The van der Waals surface area contributed by atoms with Crippen molar-refractivity contribution in [1.82, 2.24) is 15.1 Å². The number of rotatable bonds is 11. The first-order valence-corrected chi connectivity index (χ1v) is 11.7. The molecule has 2 heterocycles. The van der Waals surface area contributed by atoms with Crippen molar-refractivity contribution in [3.63, 3.8) is 0 Å². The lowest BCUT2D eigenvalue weighted by Gasteiger charge is -2.35. The second-order valence-corrected chi connectivity index (χ2v) is 9.02. The van der Waals surface area contributed by atoms with Crippen molar-refractivity contribution >= 4 is 28.8 Å². The average molecular weight is 442 g/mol. The number of nitrogens with zero attached hydrogens (tertiary/aromatic N) is 2. The molecule has 2 aromatic rings. The molecule has 1 saturated heterocycles. The largest absolute Gasteiger partial charge is 0.348 e. The fourth-order valence-corrected chi connectivity index (χ4v) is 4.36. The van der Waals surface area contributed by atoms with Gasteiger partial charge >= 0.3 is 0 Å². The van der Waals surface area contributed by atoms with Gasteiger partial charge in [-0.25, -0.2) is 0 Å². The van der Waals surface area contributed by atoms with E-state index in [-0.39, 0.29) is 49.2 Å².